The highest BCUT2D eigenvalue weighted by Gasteiger charge is 2.21. The van der Waals surface area contributed by atoms with Crippen LogP contribution in [0.4, 0.5) is 10.1 Å². The van der Waals surface area contributed by atoms with Crippen LogP contribution in [-0.4, -0.2) is 28.5 Å². The summed E-state index contributed by atoms with van der Waals surface area (Å²) in [5.41, 5.74) is 4.16. The van der Waals surface area contributed by atoms with Crippen molar-refractivity contribution < 1.29 is 9.18 Å². The van der Waals surface area contributed by atoms with Gasteiger partial charge in [0, 0.05) is 30.9 Å². The molecule has 1 amide bonds. The van der Waals surface area contributed by atoms with Gasteiger partial charge in [0.2, 0.25) is 5.91 Å². The molecule has 2 heterocycles. The number of rotatable bonds is 3. The van der Waals surface area contributed by atoms with Gasteiger partial charge >= 0.3 is 0 Å². The summed E-state index contributed by atoms with van der Waals surface area (Å²) in [4.78, 5) is 17.2. The fourth-order valence-electron chi connectivity index (χ4n) is 3.64. The van der Waals surface area contributed by atoms with E-state index < -0.39 is 0 Å². The van der Waals surface area contributed by atoms with E-state index in [9.17, 15) is 9.18 Å². The summed E-state index contributed by atoms with van der Waals surface area (Å²) < 4.78 is 15.5. The second kappa shape index (κ2) is 7.12. The Bertz CT molecular complexity index is 1000. The van der Waals surface area contributed by atoms with E-state index in [1.54, 1.807) is 6.07 Å². The molecule has 0 spiro atoms. The first kappa shape index (κ1) is 17.7. The summed E-state index contributed by atoms with van der Waals surface area (Å²) in [6.45, 7) is 3.68. The Labute approximate surface area is 157 Å². The van der Waals surface area contributed by atoms with Gasteiger partial charge in [-0.15, -0.1) is 0 Å². The molecule has 0 bridgehead atoms. The minimum Gasteiger partial charge on any atom is -0.327 e. The van der Waals surface area contributed by atoms with Gasteiger partial charge in [0.1, 0.15) is 11.6 Å². The number of aryl methyl sites for hydroxylation is 2. The molecule has 0 saturated carbocycles. The highest BCUT2D eigenvalue weighted by Crippen LogP contribution is 2.28. The Kier molecular flexibility index (Phi) is 4.66. The molecule has 0 aliphatic carbocycles. The highest BCUT2D eigenvalue weighted by atomic mass is 19.1. The number of nitrogens with one attached hydrogen (secondary N) is 2. The van der Waals surface area contributed by atoms with E-state index in [-0.39, 0.29) is 17.6 Å². The normalized spacial score (nSPS) is 17.2. The lowest BCUT2D eigenvalue weighted by Gasteiger charge is -2.22. The molecule has 6 heteroatoms. The van der Waals surface area contributed by atoms with Crippen molar-refractivity contribution >= 4 is 22.6 Å². The molecule has 2 N–H and O–H groups in total. The number of benzene rings is 2. The highest BCUT2D eigenvalue weighted by molar-refractivity contribution is 5.94. The molecule has 27 heavy (non-hydrogen) atoms. The maximum absolute atomic E-state index is 13.5. The van der Waals surface area contributed by atoms with Gasteiger partial charge in [0.25, 0.3) is 0 Å². The zero-order valence-corrected chi connectivity index (χ0v) is 15.6. The SMILES string of the molecule is Cc1ccc(-c2nc3cc(F)ccc3n2C)cc1NC(=O)C1CCCNC1. The van der Waals surface area contributed by atoms with E-state index in [0.717, 1.165) is 54.1 Å². The molecule has 1 saturated heterocycles. The smallest absolute Gasteiger partial charge is 0.228 e. The number of anilines is 1. The van der Waals surface area contributed by atoms with Gasteiger partial charge in [-0.3, -0.25) is 4.79 Å². The number of hydrogen-bond acceptors (Lipinski definition) is 3. The van der Waals surface area contributed by atoms with Crippen molar-refractivity contribution in [1.82, 2.24) is 14.9 Å². The Morgan fingerprint density at radius 3 is 2.93 bits per heavy atom. The number of imidazole rings is 1. The number of hydrogen-bond donors (Lipinski definition) is 2. The maximum Gasteiger partial charge on any atom is 0.228 e. The van der Waals surface area contributed by atoms with Gasteiger partial charge in [-0.25, -0.2) is 9.37 Å². The third-order valence-corrected chi connectivity index (χ3v) is 5.26. The summed E-state index contributed by atoms with van der Waals surface area (Å²) in [6.07, 6.45) is 1.93. The number of amides is 1. The average molecular weight is 366 g/mol. The Balaban J connectivity index is 1.66. The quantitative estimate of drug-likeness (QED) is 0.744. The Morgan fingerprint density at radius 1 is 1.30 bits per heavy atom. The minimum absolute atomic E-state index is 0.000491. The first-order chi connectivity index (χ1) is 13.0. The lowest BCUT2D eigenvalue weighted by molar-refractivity contribution is -0.120. The largest absolute Gasteiger partial charge is 0.327 e. The standard InChI is InChI=1S/C21H23FN4O/c1-13-5-6-14(10-17(13)25-21(27)15-4-3-9-23-12-15)20-24-18-11-16(22)7-8-19(18)26(20)2/h5-8,10-11,15,23H,3-4,9,12H2,1-2H3,(H,25,27). The van der Waals surface area contributed by atoms with Gasteiger partial charge in [-0.2, -0.15) is 0 Å². The van der Waals surface area contributed by atoms with Crippen LogP contribution in [0.5, 0.6) is 0 Å². The zero-order valence-electron chi connectivity index (χ0n) is 15.6. The number of carbonyl (C=O) groups excluding carboxylic acids is 1. The van der Waals surface area contributed by atoms with Crippen molar-refractivity contribution in [1.29, 1.82) is 0 Å². The van der Waals surface area contributed by atoms with E-state index in [1.165, 1.54) is 12.1 Å². The lowest BCUT2D eigenvalue weighted by Crippen LogP contribution is -2.37. The van der Waals surface area contributed by atoms with Crippen molar-refractivity contribution in [2.24, 2.45) is 13.0 Å². The van der Waals surface area contributed by atoms with E-state index in [2.05, 4.69) is 15.6 Å². The molecule has 1 unspecified atom stereocenters. The number of carbonyl (C=O) groups is 1. The predicted octanol–water partition coefficient (Wildman–Crippen LogP) is 3.63. The molecule has 3 aromatic rings. The topological polar surface area (TPSA) is 59.0 Å². The minimum atomic E-state index is -0.301. The predicted molar refractivity (Wildman–Crippen MR) is 105 cm³/mol. The van der Waals surface area contributed by atoms with Gasteiger partial charge < -0.3 is 15.2 Å². The molecule has 4 rings (SSSR count). The number of piperidine rings is 1. The fraction of sp³-hybridized carbons (Fsp3) is 0.333. The Morgan fingerprint density at radius 2 is 2.15 bits per heavy atom. The van der Waals surface area contributed by atoms with Gasteiger partial charge in [0.05, 0.1) is 17.0 Å². The van der Waals surface area contributed by atoms with Crippen LogP contribution in [0, 0.1) is 18.7 Å². The van der Waals surface area contributed by atoms with Crippen molar-refractivity contribution in [2.75, 3.05) is 18.4 Å². The first-order valence-electron chi connectivity index (χ1n) is 9.27. The van der Waals surface area contributed by atoms with Crippen LogP contribution in [0.25, 0.3) is 22.4 Å². The maximum atomic E-state index is 13.5. The van der Waals surface area contributed by atoms with Gasteiger partial charge in [0.15, 0.2) is 0 Å². The van der Waals surface area contributed by atoms with Gasteiger partial charge in [-0.05, 0) is 50.1 Å². The first-order valence-corrected chi connectivity index (χ1v) is 9.27. The molecule has 140 valence electrons. The number of nitrogens with zero attached hydrogens (tertiary/aromatic N) is 2. The molecule has 1 atom stereocenters. The summed E-state index contributed by atoms with van der Waals surface area (Å²) in [6, 6.07) is 10.5. The van der Waals surface area contributed by atoms with Crippen molar-refractivity contribution in [3.63, 3.8) is 0 Å². The molecule has 2 aromatic carbocycles. The molecule has 0 radical (unpaired) electrons. The number of fused-ring (bicyclic) bond motifs is 1. The summed E-state index contributed by atoms with van der Waals surface area (Å²) >= 11 is 0. The average Bonchev–Trinajstić information content (AvgIpc) is 3.00. The van der Waals surface area contributed by atoms with Crippen LogP contribution in [0.1, 0.15) is 18.4 Å². The van der Waals surface area contributed by atoms with Crippen LogP contribution < -0.4 is 10.6 Å². The van der Waals surface area contributed by atoms with E-state index in [4.69, 9.17) is 0 Å². The van der Waals surface area contributed by atoms with Crippen LogP contribution in [-0.2, 0) is 11.8 Å². The summed E-state index contributed by atoms with van der Waals surface area (Å²) in [5.74, 6) is 0.491. The number of aromatic nitrogens is 2. The summed E-state index contributed by atoms with van der Waals surface area (Å²) in [7, 11) is 1.91. The molecular weight excluding hydrogens is 343 g/mol. The monoisotopic (exact) mass is 366 g/mol. The number of halogens is 1. The lowest BCUT2D eigenvalue weighted by atomic mass is 9.98. The third kappa shape index (κ3) is 3.45. The second-order valence-corrected chi connectivity index (χ2v) is 7.19. The van der Waals surface area contributed by atoms with Crippen LogP contribution in [0.15, 0.2) is 36.4 Å². The molecule has 1 aromatic heterocycles. The molecule has 1 fully saturated rings. The Hall–Kier alpha value is -2.73. The van der Waals surface area contributed by atoms with Crippen LogP contribution in [0.3, 0.4) is 0 Å². The molecule has 5 nitrogen and oxygen atoms in total. The van der Waals surface area contributed by atoms with Crippen molar-refractivity contribution in [3.05, 3.63) is 47.8 Å². The van der Waals surface area contributed by atoms with Crippen molar-refractivity contribution in [3.8, 4) is 11.4 Å². The van der Waals surface area contributed by atoms with E-state index in [0.29, 0.717) is 5.52 Å². The van der Waals surface area contributed by atoms with Crippen LogP contribution in [0.2, 0.25) is 0 Å². The zero-order chi connectivity index (χ0) is 19.0. The van der Waals surface area contributed by atoms with E-state index in [1.807, 2.05) is 36.7 Å². The van der Waals surface area contributed by atoms with Crippen molar-refractivity contribution in [2.45, 2.75) is 19.8 Å². The van der Waals surface area contributed by atoms with E-state index >= 15 is 0 Å². The molecule has 1 aliphatic heterocycles. The molecular formula is C21H23FN4O. The fourth-order valence-corrected chi connectivity index (χ4v) is 3.64. The van der Waals surface area contributed by atoms with Crippen LogP contribution >= 0.6 is 0 Å². The van der Waals surface area contributed by atoms with Gasteiger partial charge in [-0.1, -0.05) is 12.1 Å². The second-order valence-electron chi connectivity index (χ2n) is 7.19. The molecule has 1 aliphatic rings. The third-order valence-electron chi connectivity index (χ3n) is 5.26. The summed E-state index contributed by atoms with van der Waals surface area (Å²) in [5, 5.41) is 6.35.